The second-order valence-electron chi connectivity index (χ2n) is 4.91. The summed E-state index contributed by atoms with van der Waals surface area (Å²) in [7, 11) is 0. The lowest BCUT2D eigenvalue weighted by atomic mass is 10.1. The van der Waals surface area contributed by atoms with Crippen molar-refractivity contribution in [3.63, 3.8) is 0 Å². The second kappa shape index (κ2) is 5.62. The van der Waals surface area contributed by atoms with Gasteiger partial charge in [0.15, 0.2) is 0 Å². The molecule has 1 heterocycles. The zero-order valence-corrected chi connectivity index (χ0v) is 12.3. The summed E-state index contributed by atoms with van der Waals surface area (Å²) in [5.41, 5.74) is 3.18. The minimum Gasteiger partial charge on any atom is -0.488 e. The van der Waals surface area contributed by atoms with E-state index in [4.69, 9.17) is 16.3 Å². The van der Waals surface area contributed by atoms with Crippen LogP contribution < -0.4 is 10.1 Å². The van der Waals surface area contributed by atoms with Gasteiger partial charge in [-0.3, -0.25) is 4.79 Å². The Labute approximate surface area is 128 Å². The van der Waals surface area contributed by atoms with E-state index in [9.17, 15) is 4.79 Å². The number of nitrogens with one attached hydrogen (secondary N) is 1. The maximum atomic E-state index is 12.3. The van der Waals surface area contributed by atoms with E-state index >= 15 is 0 Å². The highest BCUT2D eigenvalue weighted by atomic mass is 35.5. The van der Waals surface area contributed by atoms with Crippen LogP contribution in [0.5, 0.6) is 5.75 Å². The maximum Gasteiger partial charge on any atom is 0.255 e. The van der Waals surface area contributed by atoms with E-state index < -0.39 is 0 Å². The summed E-state index contributed by atoms with van der Waals surface area (Å²) in [6.45, 7) is 2.19. The van der Waals surface area contributed by atoms with Crippen LogP contribution in [0.25, 0.3) is 6.08 Å². The average molecular weight is 300 g/mol. The molecule has 1 aliphatic heterocycles. The molecule has 1 N–H and O–H groups in total. The van der Waals surface area contributed by atoms with E-state index in [1.165, 1.54) is 0 Å². The lowest BCUT2D eigenvalue weighted by Gasteiger charge is -2.18. The molecule has 4 heteroatoms. The van der Waals surface area contributed by atoms with E-state index in [1.807, 2.05) is 43.3 Å². The van der Waals surface area contributed by atoms with Gasteiger partial charge in [-0.15, -0.1) is 0 Å². The first-order valence-electron chi connectivity index (χ1n) is 6.63. The minimum atomic E-state index is -0.171. The molecule has 0 spiro atoms. The number of amides is 1. The summed E-state index contributed by atoms with van der Waals surface area (Å²) in [5.74, 6) is 0.628. The van der Waals surface area contributed by atoms with Gasteiger partial charge in [0.1, 0.15) is 12.4 Å². The second-order valence-corrected chi connectivity index (χ2v) is 5.35. The SMILES string of the molecule is Cc1ccc(Cl)cc1NC(=O)C1=Cc2ccccc2OC1. The fraction of sp³-hybridized carbons (Fsp3) is 0.118. The molecule has 0 radical (unpaired) electrons. The number of hydrogen-bond donors (Lipinski definition) is 1. The monoisotopic (exact) mass is 299 g/mol. The number of fused-ring (bicyclic) bond motifs is 1. The molecule has 21 heavy (non-hydrogen) atoms. The van der Waals surface area contributed by atoms with Gasteiger partial charge in [-0.25, -0.2) is 0 Å². The van der Waals surface area contributed by atoms with E-state index in [0.29, 0.717) is 16.3 Å². The van der Waals surface area contributed by atoms with Gasteiger partial charge in [0.2, 0.25) is 0 Å². The van der Waals surface area contributed by atoms with E-state index in [-0.39, 0.29) is 12.5 Å². The summed E-state index contributed by atoms with van der Waals surface area (Å²) in [6, 6.07) is 13.1. The predicted molar refractivity (Wildman–Crippen MR) is 84.7 cm³/mol. The van der Waals surface area contributed by atoms with E-state index in [0.717, 1.165) is 16.9 Å². The zero-order chi connectivity index (χ0) is 14.8. The third kappa shape index (κ3) is 2.93. The number of carbonyl (C=O) groups excluding carboxylic acids is 1. The van der Waals surface area contributed by atoms with Gasteiger partial charge in [-0.1, -0.05) is 35.9 Å². The van der Waals surface area contributed by atoms with Crippen molar-refractivity contribution in [1.29, 1.82) is 0 Å². The zero-order valence-electron chi connectivity index (χ0n) is 11.5. The van der Waals surface area contributed by atoms with Gasteiger partial charge in [-0.05, 0) is 36.8 Å². The van der Waals surface area contributed by atoms with Crippen LogP contribution in [-0.2, 0) is 4.79 Å². The van der Waals surface area contributed by atoms with Crippen LogP contribution in [0.15, 0.2) is 48.0 Å². The highest BCUT2D eigenvalue weighted by molar-refractivity contribution is 6.31. The Kier molecular flexibility index (Phi) is 3.67. The van der Waals surface area contributed by atoms with Crippen molar-refractivity contribution < 1.29 is 9.53 Å². The van der Waals surface area contributed by atoms with Crippen LogP contribution in [0.4, 0.5) is 5.69 Å². The van der Waals surface area contributed by atoms with Crippen molar-refractivity contribution in [3.8, 4) is 5.75 Å². The fourth-order valence-electron chi connectivity index (χ4n) is 2.18. The van der Waals surface area contributed by atoms with E-state index in [1.54, 1.807) is 12.1 Å². The van der Waals surface area contributed by atoms with Crippen LogP contribution >= 0.6 is 11.6 Å². The fourth-order valence-corrected chi connectivity index (χ4v) is 2.35. The third-order valence-corrected chi connectivity index (χ3v) is 3.61. The number of para-hydroxylation sites is 1. The molecule has 2 aromatic rings. The molecular weight excluding hydrogens is 286 g/mol. The molecule has 0 saturated carbocycles. The Morgan fingerprint density at radius 1 is 1.24 bits per heavy atom. The molecule has 0 fully saturated rings. The quantitative estimate of drug-likeness (QED) is 0.908. The molecule has 0 aromatic heterocycles. The first kappa shape index (κ1) is 13.7. The Morgan fingerprint density at radius 2 is 2.05 bits per heavy atom. The van der Waals surface area contributed by atoms with Gasteiger partial charge in [0, 0.05) is 16.3 Å². The number of rotatable bonds is 2. The maximum absolute atomic E-state index is 12.3. The molecule has 106 valence electrons. The summed E-state index contributed by atoms with van der Waals surface area (Å²) < 4.78 is 5.59. The van der Waals surface area contributed by atoms with Crippen molar-refractivity contribution in [2.45, 2.75) is 6.92 Å². The van der Waals surface area contributed by atoms with Gasteiger partial charge < -0.3 is 10.1 Å². The Balaban J connectivity index is 1.84. The van der Waals surface area contributed by atoms with Gasteiger partial charge in [-0.2, -0.15) is 0 Å². The molecule has 2 aromatic carbocycles. The van der Waals surface area contributed by atoms with Crippen molar-refractivity contribution in [1.82, 2.24) is 0 Å². The average Bonchev–Trinajstić information content (AvgIpc) is 2.50. The number of carbonyl (C=O) groups is 1. The lowest BCUT2D eigenvalue weighted by Crippen LogP contribution is -2.21. The highest BCUT2D eigenvalue weighted by Crippen LogP contribution is 2.27. The smallest absolute Gasteiger partial charge is 0.255 e. The predicted octanol–water partition coefficient (Wildman–Crippen LogP) is 4.06. The largest absolute Gasteiger partial charge is 0.488 e. The van der Waals surface area contributed by atoms with Crippen LogP contribution in [0, 0.1) is 6.92 Å². The van der Waals surface area contributed by atoms with Crippen LogP contribution in [0.1, 0.15) is 11.1 Å². The van der Waals surface area contributed by atoms with Crippen molar-refractivity contribution in [2.24, 2.45) is 0 Å². The number of hydrogen-bond acceptors (Lipinski definition) is 2. The van der Waals surface area contributed by atoms with Crippen molar-refractivity contribution >= 4 is 29.3 Å². The molecule has 1 aliphatic rings. The van der Waals surface area contributed by atoms with Crippen LogP contribution in [-0.4, -0.2) is 12.5 Å². The summed E-state index contributed by atoms with van der Waals surface area (Å²) in [5, 5.41) is 3.47. The molecule has 3 rings (SSSR count). The Hall–Kier alpha value is -2.26. The lowest BCUT2D eigenvalue weighted by molar-refractivity contribution is -0.113. The van der Waals surface area contributed by atoms with Crippen LogP contribution in [0.2, 0.25) is 5.02 Å². The summed E-state index contributed by atoms with van der Waals surface area (Å²) in [6.07, 6.45) is 1.86. The van der Waals surface area contributed by atoms with Gasteiger partial charge in [0.25, 0.3) is 5.91 Å². The summed E-state index contributed by atoms with van der Waals surface area (Å²) in [4.78, 5) is 12.3. The number of benzene rings is 2. The molecule has 0 aliphatic carbocycles. The van der Waals surface area contributed by atoms with Gasteiger partial charge in [0.05, 0.1) is 5.57 Å². The number of halogens is 1. The first-order valence-corrected chi connectivity index (χ1v) is 7.01. The molecule has 0 saturated heterocycles. The standard InChI is InChI=1S/C17H14ClNO2/c1-11-6-7-14(18)9-15(11)19-17(20)13-8-12-4-2-3-5-16(12)21-10-13/h2-9H,10H2,1H3,(H,19,20). The molecule has 0 bridgehead atoms. The minimum absolute atomic E-state index is 0.171. The molecule has 1 amide bonds. The molecule has 3 nitrogen and oxygen atoms in total. The number of ether oxygens (including phenoxy) is 1. The summed E-state index contributed by atoms with van der Waals surface area (Å²) >= 11 is 5.96. The van der Waals surface area contributed by atoms with Crippen LogP contribution in [0.3, 0.4) is 0 Å². The normalized spacial score (nSPS) is 13.0. The topological polar surface area (TPSA) is 38.3 Å². The Bertz CT molecular complexity index is 737. The first-order chi connectivity index (χ1) is 10.1. The third-order valence-electron chi connectivity index (χ3n) is 3.37. The highest BCUT2D eigenvalue weighted by Gasteiger charge is 2.17. The van der Waals surface area contributed by atoms with E-state index in [2.05, 4.69) is 5.32 Å². The Morgan fingerprint density at radius 3 is 2.90 bits per heavy atom. The van der Waals surface area contributed by atoms with Gasteiger partial charge >= 0.3 is 0 Å². The van der Waals surface area contributed by atoms with Crippen molar-refractivity contribution in [2.75, 3.05) is 11.9 Å². The molecular formula is C17H14ClNO2. The molecule has 0 atom stereocenters. The molecule has 0 unspecified atom stereocenters. The number of aryl methyl sites for hydroxylation is 1. The van der Waals surface area contributed by atoms with Crippen molar-refractivity contribution in [3.05, 3.63) is 64.2 Å². The number of anilines is 1.